The van der Waals surface area contributed by atoms with Gasteiger partial charge in [-0.15, -0.1) is 0 Å². The van der Waals surface area contributed by atoms with E-state index in [0.717, 1.165) is 30.8 Å². The van der Waals surface area contributed by atoms with E-state index in [-0.39, 0.29) is 0 Å². The minimum absolute atomic E-state index is 0.737. The molecule has 0 aromatic carbocycles. The molecule has 1 aliphatic heterocycles. The minimum Gasteiger partial charge on any atom is -0.357 e. The van der Waals surface area contributed by atoms with Crippen molar-refractivity contribution in [3.63, 3.8) is 0 Å². The Morgan fingerprint density at radius 3 is 2.85 bits per heavy atom. The van der Waals surface area contributed by atoms with E-state index in [0.29, 0.717) is 0 Å². The minimum atomic E-state index is 0.737. The number of amidine groups is 1. The first-order valence-electron chi connectivity index (χ1n) is 5.67. The monoisotopic (exact) mass is 180 g/mol. The molecular formula is C11H20N2. The summed E-state index contributed by atoms with van der Waals surface area (Å²) in [4.78, 5) is 2.36. The maximum atomic E-state index is 7.88. The van der Waals surface area contributed by atoms with E-state index in [2.05, 4.69) is 11.8 Å². The summed E-state index contributed by atoms with van der Waals surface area (Å²) in [6.07, 6.45) is 7.81. The maximum absolute atomic E-state index is 7.88. The Hall–Kier alpha value is -0.530. The van der Waals surface area contributed by atoms with Gasteiger partial charge in [0.2, 0.25) is 0 Å². The fraction of sp³-hybridized carbons (Fsp3) is 0.909. The summed E-state index contributed by atoms with van der Waals surface area (Å²) >= 11 is 0. The van der Waals surface area contributed by atoms with Gasteiger partial charge in [0.15, 0.2) is 0 Å². The fourth-order valence-corrected chi connectivity index (χ4v) is 2.94. The zero-order valence-corrected chi connectivity index (χ0v) is 8.55. The zero-order chi connectivity index (χ0) is 9.26. The van der Waals surface area contributed by atoms with Gasteiger partial charge in [-0.25, -0.2) is 0 Å². The van der Waals surface area contributed by atoms with E-state index < -0.39 is 0 Å². The van der Waals surface area contributed by atoms with Gasteiger partial charge in [-0.05, 0) is 25.2 Å². The van der Waals surface area contributed by atoms with E-state index in [1.54, 1.807) is 0 Å². The van der Waals surface area contributed by atoms with Gasteiger partial charge in [0.1, 0.15) is 0 Å². The van der Waals surface area contributed by atoms with E-state index >= 15 is 0 Å². The number of hydrogen-bond acceptors (Lipinski definition) is 1. The lowest BCUT2D eigenvalue weighted by molar-refractivity contribution is 0.250. The molecule has 0 radical (unpaired) electrons. The topological polar surface area (TPSA) is 27.1 Å². The molecule has 1 saturated carbocycles. The lowest BCUT2D eigenvalue weighted by Gasteiger charge is -2.32. The van der Waals surface area contributed by atoms with Gasteiger partial charge in [-0.2, -0.15) is 0 Å². The van der Waals surface area contributed by atoms with Crippen molar-refractivity contribution in [2.24, 2.45) is 5.92 Å². The van der Waals surface area contributed by atoms with Crippen LogP contribution in [0.2, 0.25) is 0 Å². The SMILES string of the molecule is CCC(=N)N1CCC2CCCCC21. The summed E-state index contributed by atoms with van der Waals surface area (Å²) in [5, 5.41) is 7.88. The van der Waals surface area contributed by atoms with Crippen molar-refractivity contribution in [2.45, 2.75) is 51.5 Å². The van der Waals surface area contributed by atoms with Crippen LogP contribution >= 0.6 is 0 Å². The van der Waals surface area contributed by atoms with Crippen LogP contribution in [0.4, 0.5) is 0 Å². The Morgan fingerprint density at radius 1 is 1.31 bits per heavy atom. The molecule has 2 heteroatoms. The highest BCUT2D eigenvalue weighted by Crippen LogP contribution is 2.36. The molecule has 2 atom stereocenters. The summed E-state index contributed by atoms with van der Waals surface area (Å²) in [7, 11) is 0. The Bertz CT molecular complexity index is 200. The van der Waals surface area contributed by atoms with E-state index in [4.69, 9.17) is 5.41 Å². The molecule has 13 heavy (non-hydrogen) atoms. The number of rotatable bonds is 1. The van der Waals surface area contributed by atoms with Gasteiger partial charge in [-0.1, -0.05) is 19.8 Å². The molecule has 1 aliphatic carbocycles. The van der Waals surface area contributed by atoms with Gasteiger partial charge in [-0.3, -0.25) is 5.41 Å². The van der Waals surface area contributed by atoms with Crippen molar-refractivity contribution in [3.8, 4) is 0 Å². The van der Waals surface area contributed by atoms with Crippen molar-refractivity contribution in [2.75, 3.05) is 6.54 Å². The quantitative estimate of drug-likeness (QED) is 0.487. The van der Waals surface area contributed by atoms with E-state index in [1.807, 2.05) is 0 Å². The van der Waals surface area contributed by atoms with Crippen molar-refractivity contribution < 1.29 is 0 Å². The van der Waals surface area contributed by atoms with Crippen LogP contribution in [0, 0.1) is 11.3 Å². The molecule has 2 unspecified atom stereocenters. The van der Waals surface area contributed by atoms with Crippen molar-refractivity contribution in [1.29, 1.82) is 5.41 Å². The lowest BCUT2D eigenvalue weighted by atomic mass is 9.85. The van der Waals surface area contributed by atoms with Crippen LogP contribution in [0.25, 0.3) is 0 Å². The summed E-state index contributed by atoms with van der Waals surface area (Å²) in [5.41, 5.74) is 0. The second-order valence-electron chi connectivity index (χ2n) is 4.39. The molecule has 1 saturated heterocycles. The molecule has 74 valence electrons. The average Bonchev–Trinajstić information content (AvgIpc) is 2.60. The zero-order valence-electron chi connectivity index (χ0n) is 8.55. The molecule has 0 spiro atoms. The van der Waals surface area contributed by atoms with Gasteiger partial charge in [0.25, 0.3) is 0 Å². The molecule has 0 amide bonds. The normalized spacial score (nSPS) is 33.2. The smallest absolute Gasteiger partial charge is 0.0957 e. The van der Waals surface area contributed by atoms with Crippen LogP contribution in [0.1, 0.15) is 45.4 Å². The largest absolute Gasteiger partial charge is 0.357 e. The summed E-state index contributed by atoms with van der Waals surface area (Å²) in [6.45, 7) is 3.25. The van der Waals surface area contributed by atoms with Crippen molar-refractivity contribution in [1.82, 2.24) is 4.90 Å². The van der Waals surface area contributed by atoms with Gasteiger partial charge < -0.3 is 4.90 Å². The molecular weight excluding hydrogens is 160 g/mol. The van der Waals surface area contributed by atoms with E-state index in [9.17, 15) is 0 Å². The molecule has 0 bridgehead atoms. The first-order chi connectivity index (χ1) is 6.33. The highest BCUT2D eigenvalue weighted by Gasteiger charge is 2.36. The van der Waals surface area contributed by atoms with Gasteiger partial charge in [0, 0.05) is 19.0 Å². The van der Waals surface area contributed by atoms with Crippen molar-refractivity contribution in [3.05, 3.63) is 0 Å². The first-order valence-corrected chi connectivity index (χ1v) is 5.67. The molecule has 2 fully saturated rings. The van der Waals surface area contributed by atoms with Crippen LogP contribution in [0.15, 0.2) is 0 Å². The molecule has 2 rings (SSSR count). The summed E-state index contributed by atoms with van der Waals surface area (Å²) < 4.78 is 0. The summed E-state index contributed by atoms with van der Waals surface area (Å²) in [5.74, 6) is 1.79. The van der Waals surface area contributed by atoms with Gasteiger partial charge in [0.05, 0.1) is 5.84 Å². The molecule has 0 aromatic heterocycles. The Balaban J connectivity index is 2.02. The number of hydrogen-bond donors (Lipinski definition) is 1. The van der Waals surface area contributed by atoms with Crippen molar-refractivity contribution >= 4 is 5.84 Å². The fourth-order valence-electron chi connectivity index (χ4n) is 2.94. The molecule has 2 aliphatic rings. The lowest BCUT2D eigenvalue weighted by Crippen LogP contribution is -2.38. The average molecular weight is 180 g/mol. The number of likely N-dealkylation sites (tertiary alicyclic amines) is 1. The second kappa shape index (κ2) is 3.69. The molecule has 2 nitrogen and oxygen atoms in total. The maximum Gasteiger partial charge on any atom is 0.0957 e. The Morgan fingerprint density at radius 2 is 2.08 bits per heavy atom. The molecule has 1 heterocycles. The third-order valence-electron chi connectivity index (χ3n) is 3.69. The predicted octanol–water partition coefficient (Wildman–Crippen LogP) is 2.64. The summed E-state index contributed by atoms with van der Waals surface area (Å²) in [6, 6.07) is 0.737. The first kappa shape index (κ1) is 9.04. The number of nitrogens with zero attached hydrogens (tertiary/aromatic N) is 1. The van der Waals surface area contributed by atoms with Crippen LogP contribution in [0.5, 0.6) is 0 Å². The highest BCUT2D eigenvalue weighted by atomic mass is 15.2. The molecule has 1 N–H and O–H groups in total. The van der Waals surface area contributed by atoms with Crippen LogP contribution in [-0.4, -0.2) is 23.3 Å². The third kappa shape index (κ3) is 1.59. The molecule has 0 aromatic rings. The Labute approximate surface area is 80.8 Å². The standard InChI is InChI=1S/C11H20N2/c1-2-11(12)13-8-7-9-5-3-4-6-10(9)13/h9-10,12H,2-8H2,1H3. The third-order valence-corrected chi connectivity index (χ3v) is 3.69. The predicted molar refractivity (Wildman–Crippen MR) is 55.1 cm³/mol. The second-order valence-corrected chi connectivity index (χ2v) is 4.39. The van der Waals surface area contributed by atoms with Gasteiger partial charge >= 0.3 is 0 Å². The van der Waals surface area contributed by atoms with Crippen LogP contribution in [-0.2, 0) is 0 Å². The highest BCUT2D eigenvalue weighted by molar-refractivity contribution is 5.79. The van der Waals surface area contributed by atoms with Crippen LogP contribution < -0.4 is 0 Å². The Kier molecular flexibility index (Phi) is 2.56. The van der Waals surface area contributed by atoms with E-state index in [1.165, 1.54) is 32.1 Å². The van der Waals surface area contributed by atoms with Crippen LogP contribution in [0.3, 0.4) is 0 Å². The number of nitrogens with one attached hydrogen (secondary N) is 1. The number of fused-ring (bicyclic) bond motifs is 1.